The number of carbonyl (C=O) groups excluding carboxylic acids is 1. The Morgan fingerprint density at radius 1 is 1.48 bits per heavy atom. The van der Waals surface area contributed by atoms with Crippen LogP contribution in [0.15, 0.2) is 28.2 Å². The number of esters is 1. The minimum atomic E-state index is -0.534. The van der Waals surface area contributed by atoms with E-state index in [4.69, 9.17) is 16.3 Å². The van der Waals surface area contributed by atoms with Gasteiger partial charge in [0.25, 0.3) is 0 Å². The van der Waals surface area contributed by atoms with Crippen molar-refractivity contribution in [1.82, 2.24) is 15.0 Å². The first-order valence-electron chi connectivity index (χ1n) is 5.93. The van der Waals surface area contributed by atoms with Gasteiger partial charge in [-0.3, -0.25) is 0 Å². The number of aromatic amines is 1. The number of aryl methyl sites for hydroxylation is 1. The predicted octanol–water partition coefficient (Wildman–Crippen LogP) is 2.21. The minimum Gasteiger partial charge on any atom is -0.465 e. The number of hydrogen-bond donors (Lipinski definition) is 1. The van der Waals surface area contributed by atoms with Crippen molar-refractivity contribution in [3.8, 4) is 0 Å². The van der Waals surface area contributed by atoms with Crippen LogP contribution < -0.4 is 5.69 Å². The first-order chi connectivity index (χ1) is 10.0. The average molecular weight is 326 g/mol. The number of carbonyl (C=O) groups is 1. The van der Waals surface area contributed by atoms with Crippen LogP contribution in [-0.2, 0) is 10.5 Å². The Labute approximate surface area is 129 Å². The summed E-state index contributed by atoms with van der Waals surface area (Å²) in [5.41, 5.74) is 1.10. The monoisotopic (exact) mass is 325 g/mol. The second-order valence-electron chi connectivity index (χ2n) is 4.12. The Morgan fingerprint density at radius 3 is 2.86 bits per heavy atom. The van der Waals surface area contributed by atoms with Crippen LogP contribution in [0.4, 0.5) is 0 Å². The highest BCUT2D eigenvalue weighted by Crippen LogP contribution is 2.25. The molecule has 2 aromatic heterocycles. The molecule has 0 bridgehead atoms. The summed E-state index contributed by atoms with van der Waals surface area (Å²) in [4.78, 5) is 33.6. The molecule has 0 atom stereocenters. The number of H-pyrrole nitrogens is 1. The predicted molar refractivity (Wildman–Crippen MR) is 79.7 cm³/mol. The van der Waals surface area contributed by atoms with Crippen molar-refractivity contribution in [2.45, 2.75) is 17.7 Å². The van der Waals surface area contributed by atoms with E-state index >= 15 is 0 Å². The van der Waals surface area contributed by atoms with Crippen LogP contribution in [0.2, 0.25) is 5.15 Å². The molecule has 110 valence electrons. The molecule has 0 amide bonds. The van der Waals surface area contributed by atoms with E-state index in [0.29, 0.717) is 21.6 Å². The SMILES string of the molecule is COC(=O)c1c(SCc2ccc(Cl)nc2)nc(=O)[nH]c1C. The van der Waals surface area contributed by atoms with Gasteiger partial charge in [0, 0.05) is 17.6 Å². The highest BCUT2D eigenvalue weighted by Gasteiger charge is 2.18. The Kier molecular flexibility index (Phi) is 4.98. The van der Waals surface area contributed by atoms with Gasteiger partial charge in [-0.15, -0.1) is 11.8 Å². The van der Waals surface area contributed by atoms with Crippen LogP contribution in [0.25, 0.3) is 0 Å². The topological polar surface area (TPSA) is 84.9 Å². The number of nitrogens with one attached hydrogen (secondary N) is 1. The normalized spacial score (nSPS) is 10.4. The van der Waals surface area contributed by atoms with Gasteiger partial charge in [-0.2, -0.15) is 4.98 Å². The standard InChI is InChI=1S/C13H12ClN3O3S/c1-7-10(12(18)20-2)11(17-13(19)16-7)21-6-8-3-4-9(14)15-5-8/h3-5H,6H2,1-2H3,(H,16,17,19). The number of thioether (sulfide) groups is 1. The van der Waals surface area contributed by atoms with Gasteiger partial charge in [-0.25, -0.2) is 14.6 Å². The molecular formula is C13H12ClN3O3S. The number of methoxy groups -OCH3 is 1. The zero-order valence-electron chi connectivity index (χ0n) is 11.3. The molecule has 8 heteroatoms. The molecule has 2 heterocycles. The lowest BCUT2D eigenvalue weighted by Crippen LogP contribution is -2.19. The number of pyridine rings is 1. The van der Waals surface area contributed by atoms with E-state index in [1.54, 1.807) is 19.2 Å². The van der Waals surface area contributed by atoms with Crippen LogP contribution in [0.5, 0.6) is 0 Å². The van der Waals surface area contributed by atoms with Gasteiger partial charge in [0.05, 0.1) is 7.11 Å². The second kappa shape index (κ2) is 6.73. The van der Waals surface area contributed by atoms with Crippen molar-refractivity contribution in [1.29, 1.82) is 0 Å². The molecule has 1 N–H and O–H groups in total. The summed E-state index contributed by atoms with van der Waals surface area (Å²) in [7, 11) is 1.28. The van der Waals surface area contributed by atoms with Crippen molar-refractivity contribution >= 4 is 29.3 Å². The van der Waals surface area contributed by atoms with E-state index in [2.05, 4.69) is 15.0 Å². The zero-order valence-corrected chi connectivity index (χ0v) is 12.9. The van der Waals surface area contributed by atoms with E-state index < -0.39 is 11.7 Å². The van der Waals surface area contributed by atoms with Crippen molar-refractivity contribution < 1.29 is 9.53 Å². The molecule has 0 aliphatic carbocycles. The van der Waals surface area contributed by atoms with Gasteiger partial charge >= 0.3 is 11.7 Å². The van der Waals surface area contributed by atoms with E-state index in [9.17, 15) is 9.59 Å². The Morgan fingerprint density at radius 2 is 2.24 bits per heavy atom. The van der Waals surface area contributed by atoms with Gasteiger partial charge in [0.15, 0.2) is 0 Å². The number of hydrogen-bond acceptors (Lipinski definition) is 6. The number of rotatable bonds is 4. The lowest BCUT2D eigenvalue weighted by Gasteiger charge is -2.08. The Balaban J connectivity index is 2.28. The van der Waals surface area contributed by atoms with Gasteiger partial charge in [0.2, 0.25) is 0 Å². The number of aromatic nitrogens is 3. The third-order valence-electron chi connectivity index (χ3n) is 2.64. The molecule has 2 aromatic rings. The van der Waals surface area contributed by atoms with Crippen LogP contribution in [-0.4, -0.2) is 28.0 Å². The molecule has 0 unspecified atom stereocenters. The summed E-state index contributed by atoms with van der Waals surface area (Å²) in [6.07, 6.45) is 1.63. The summed E-state index contributed by atoms with van der Waals surface area (Å²) < 4.78 is 4.72. The Bertz CT molecular complexity index is 716. The molecule has 0 aliphatic rings. The average Bonchev–Trinajstić information content (AvgIpc) is 2.45. The number of ether oxygens (including phenoxy) is 1. The summed E-state index contributed by atoms with van der Waals surface area (Å²) in [5.74, 6) is -0.0303. The highest BCUT2D eigenvalue weighted by atomic mass is 35.5. The van der Waals surface area contributed by atoms with Crippen molar-refractivity contribution in [2.75, 3.05) is 7.11 Å². The second-order valence-corrected chi connectivity index (χ2v) is 5.47. The third kappa shape index (κ3) is 3.83. The fourth-order valence-electron chi connectivity index (χ4n) is 1.65. The maximum Gasteiger partial charge on any atom is 0.346 e. The first-order valence-corrected chi connectivity index (χ1v) is 7.30. The number of halogens is 1. The van der Waals surface area contributed by atoms with Crippen molar-refractivity contribution in [3.63, 3.8) is 0 Å². The molecule has 21 heavy (non-hydrogen) atoms. The minimum absolute atomic E-state index is 0.268. The molecule has 6 nitrogen and oxygen atoms in total. The summed E-state index contributed by atoms with van der Waals surface area (Å²) in [6, 6.07) is 3.50. The van der Waals surface area contributed by atoms with Gasteiger partial charge in [-0.1, -0.05) is 17.7 Å². The fourth-order valence-corrected chi connectivity index (χ4v) is 2.76. The molecule has 0 fully saturated rings. The highest BCUT2D eigenvalue weighted by molar-refractivity contribution is 7.98. The van der Waals surface area contributed by atoms with Crippen molar-refractivity contribution in [2.24, 2.45) is 0 Å². The number of nitrogens with zero attached hydrogens (tertiary/aromatic N) is 2. The van der Waals surface area contributed by atoms with Crippen LogP contribution in [0.3, 0.4) is 0 Å². The maximum absolute atomic E-state index is 11.8. The largest absolute Gasteiger partial charge is 0.465 e. The van der Waals surface area contributed by atoms with E-state index in [1.165, 1.54) is 18.9 Å². The molecular weight excluding hydrogens is 314 g/mol. The fraction of sp³-hybridized carbons (Fsp3) is 0.231. The molecule has 0 spiro atoms. The van der Waals surface area contributed by atoms with Crippen LogP contribution >= 0.6 is 23.4 Å². The van der Waals surface area contributed by atoms with E-state index in [-0.39, 0.29) is 5.56 Å². The maximum atomic E-state index is 11.8. The molecule has 0 saturated carbocycles. The van der Waals surface area contributed by atoms with Gasteiger partial charge in [0.1, 0.15) is 15.7 Å². The smallest absolute Gasteiger partial charge is 0.346 e. The van der Waals surface area contributed by atoms with Crippen LogP contribution in [0.1, 0.15) is 21.6 Å². The Hall–Kier alpha value is -1.86. The zero-order chi connectivity index (χ0) is 15.4. The lowest BCUT2D eigenvalue weighted by atomic mass is 10.2. The summed E-state index contributed by atoms with van der Waals surface area (Å²) in [5, 5.41) is 0.738. The third-order valence-corrected chi connectivity index (χ3v) is 3.91. The molecule has 0 aromatic carbocycles. The van der Waals surface area contributed by atoms with E-state index in [1.807, 2.05) is 6.07 Å². The van der Waals surface area contributed by atoms with Gasteiger partial charge in [-0.05, 0) is 18.6 Å². The van der Waals surface area contributed by atoms with Crippen molar-refractivity contribution in [3.05, 3.63) is 50.8 Å². The lowest BCUT2D eigenvalue weighted by molar-refractivity contribution is 0.0594. The molecule has 0 radical (unpaired) electrons. The van der Waals surface area contributed by atoms with E-state index in [0.717, 1.165) is 5.56 Å². The molecule has 2 rings (SSSR count). The van der Waals surface area contributed by atoms with Crippen LogP contribution in [0, 0.1) is 6.92 Å². The quantitative estimate of drug-likeness (QED) is 0.401. The summed E-state index contributed by atoms with van der Waals surface area (Å²) in [6.45, 7) is 1.63. The molecule has 0 aliphatic heterocycles. The van der Waals surface area contributed by atoms with Gasteiger partial charge < -0.3 is 9.72 Å². The first kappa shape index (κ1) is 15.5. The molecule has 0 saturated heterocycles. The summed E-state index contributed by atoms with van der Waals surface area (Å²) >= 11 is 6.98.